The lowest BCUT2D eigenvalue weighted by atomic mass is 9.98. The fourth-order valence-corrected chi connectivity index (χ4v) is 5.59. The molecule has 1 heterocycles. The lowest BCUT2D eigenvalue weighted by molar-refractivity contribution is 0.00645. The van der Waals surface area contributed by atoms with Crippen molar-refractivity contribution in [1.29, 1.82) is 0 Å². The van der Waals surface area contributed by atoms with Crippen molar-refractivity contribution < 1.29 is 13.9 Å². The standard InChI is InChI=1S/C28H35Cl2FN2O2/c1-17-15-32(8-9-33(17)18(2)20-10-22(29)13-23(30)11-20)16-21-12-26(31)25(14-24(21)19-6-7-19)27(34)35-28(3,4)5/h10-14,17-19H,6-9,15-16H2,1-5H3/t17-,18+/m1/s1. The number of hydrogen-bond acceptors (Lipinski definition) is 4. The molecule has 7 heteroatoms. The molecular weight excluding hydrogens is 486 g/mol. The Hall–Kier alpha value is -1.66. The summed E-state index contributed by atoms with van der Waals surface area (Å²) in [5, 5.41) is 1.30. The van der Waals surface area contributed by atoms with Crippen LogP contribution >= 0.6 is 23.2 Å². The van der Waals surface area contributed by atoms with E-state index < -0.39 is 17.4 Å². The molecular formula is C28H35Cl2FN2O2. The van der Waals surface area contributed by atoms with Gasteiger partial charge >= 0.3 is 5.97 Å². The topological polar surface area (TPSA) is 32.8 Å². The molecule has 0 N–H and O–H groups in total. The fourth-order valence-electron chi connectivity index (χ4n) is 5.05. The van der Waals surface area contributed by atoms with E-state index in [1.54, 1.807) is 39.0 Å². The molecule has 2 aromatic carbocycles. The summed E-state index contributed by atoms with van der Waals surface area (Å²) in [5.41, 5.74) is 2.55. The van der Waals surface area contributed by atoms with Gasteiger partial charge in [0.05, 0.1) is 5.56 Å². The van der Waals surface area contributed by atoms with Gasteiger partial charge in [0.2, 0.25) is 0 Å². The second-order valence-corrected chi connectivity index (χ2v) is 11.9. The van der Waals surface area contributed by atoms with Crippen LogP contribution in [0.3, 0.4) is 0 Å². The molecule has 0 aromatic heterocycles. The summed E-state index contributed by atoms with van der Waals surface area (Å²) in [6.07, 6.45) is 2.16. The van der Waals surface area contributed by atoms with Gasteiger partial charge < -0.3 is 4.74 Å². The lowest BCUT2D eigenvalue weighted by Crippen LogP contribution is -2.52. The molecule has 0 radical (unpaired) electrons. The van der Waals surface area contributed by atoms with Crippen LogP contribution in [0.5, 0.6) is 0 Å². The summed E-state index contributed by atoms with van der Waals surface area (Å²) in [6.45, 7) is 13.1. The summed E-state index contributed by atoms with van der Waals surface area (Å²) < 4.78 is 20.5. The van der Waals surface area contributed by atoms with Crippen LogP contribution in [0.15, 0.2) is 30.3 Å². The maximum atomic E-state index is 15.0. The van der Waals surface area contributed by atoms with Gasteiger partial charge in [-0.05, 0) is 100 Å². The van der Waals surface area contributed by atoms with E-state index in [0.29, 0.717) is 28.5 Å². The Labute approximate surface area is 218 Å². The second-order valence-electron chi connectivity index (χ2n) is 11.0. The zero-order chi connectivity index (χ0) is 25.5. The Morgan fingerprint density at radius 1 is 1.11 bits per heavy atom. The highest BCUT2D eigenvalue weighted by atomic mass is 35.5. The molecule has 0 spiro atoms. The average Bonchev–Trinajstić information content (AvgIpc) is 3.57. The van der Waals surface area contributed by atoms with Crippen LogP contribution in [-0.4, -0.2) is 47.0 Å². The van der Waals surface area contributed by atoms with E-state index in [9.17, 15) is 4.79 Å². The minimum Gasteiger partial charge on any atom is -0.456 e. The first-order chi connectivity index (χ1) is 16.4. The lowest BCUT2D eigenvalue weighted by Gasteiger charge is -2.43. The Morgan fingerprint density at radius 2 is 1.77 bits per heavy atom. The third-order valence-electron chi connectivity index (χ3n) is 6.89. The number of rotatable bonds is 6. The van der Waals surface area contributed by atoms with E-state index in [2.05, 4.69) is 23.6 Å². The highest BCUT2D eigenvalue weighted by Gasteiger charge is 2.32. The maximum absolute atomic E-state index is 15.0. The number of benzene rings is 2. The van der Waals surface area contributed by atoms with Gasteiger partial charge in [-0.1, -0.05) is 23.2 Å². The van der Waals surface area contributed by atoms with Crippen molar-refractivity contribution in [1.82, 2.24) is 9.80 Å². The third kappa shape index (κ3) is 6.56. The molecule has 0 bridgehead atoms. The molecule has 4 rings (SSSR count). The Bertz CT molecular complexity index is 1080. The van der Waals surface area contributed by atoms with Gasteiger partial charge in [0, 0.05) is 48.3 Å². The van der Waals surface area contributed by atoms with E-state index in [1.807, 2.05) is 12.1 Å². The number of carbonyl (C=O) groups excluding carboxylic acids is 1. The van der Waals surface area contributed by atoms with E-state index in [1.165, 1.54) is 0 Å². The van der Waals surface area contributed by atoms with Crippen LogP contribution in [0.1, 0.15) is 86.5 Å². The normalized spacial score (nSPS) is 20.6. The molecule has 1 aliphatic heterocycles. The number of esters is 1. The van der Waals surface area contributed by atoms with E-state index in [0.717, 1.165) is 49.2 Å². The van der Waals surface area contributed by atoms with Crippen LogP contribution in [0.4, 0.5) is 4.39 Å². The predicted molar refractivity (Wildman–Crippen MR) is 140 cm³/mol. The summed E-state index contributed by atoms with van der Waals surface area (Å²) in [7, 11) is 0. The van der Waals surface area contributed by atoms with Crippen LogP contribution in [-0.2, 0) is 11.3 Å². The zero-order valence-corrected chi connectivity index (χ0v) is 22.7. The minimum absolute atomic E-state index is 0.0396. The highest BCUT2D eigenvalue weighted by Crippen LogP contribution is 2.43. The first-order valence-electron chi connectivity index (χ1n) is 12.4. The highest BCUT2D eigenvalue weighted by molar-refractivity contribution is 6.34. The number of hydrogen-bond donors (Lipinski definition) is 0. The fraction of sp³-hybridized carbons (Fsp3) is 0.536. The third-order valence-corrected chi connectivity index (χ3v) is 7.32. The van der Waals surface area contributed by atoms with Crippen LogP contribution in [0.25, 0.3) is 0 Å². The molecule has 1 aliphatic carbocycles. The number of nitrogens with zero attached hydrogens (tertiary/aromatic N) is 2. The van der Waals surface area contributed by atoms with E-state index in [-0.39, 0.29) is 11.6 Å². The average molecular weight is 522 g/mol. The molecule has 2 aromatic rings. The molecule has 2 atom stereocenters. The number of ether oxygens (including phenoxy) is 1. The van der Waals surface area contributed by atoms with Crippen molar-refractivity contribution in [2.75, 3.05) is 19.6 Å². The van der Waals surface area contributed by atoms with Gasteiger partial charge in [-0.25, -0.2) is 9.18 Å². The van der Waals surface area contributed by atoms with Crippen LogP contribution < -0.4 is 0 Å². The number of halogens is 3. The van der Waals surface area contributed by atoms with E-state index >= 15 is 4.39 Å². The summed E-state index contributed by atoms with van der Waals surface area (Å²) in [4.78, 5) is 17.4. The largest absolute Gasteiger partial charge is 0.456 e. The van der Waals surface area contributed by atoms with Crippen LogP contribution in [0, 0.1) is 5.82 Å². The molecule has 4 nitrogen and oxygen atoms in total. The predicted octanol–water partition coefficient (Wildman–Crippen LogP) is 7.23. The van der Waals surface area contributed by atoms with Gasteiger partial charge in [-0.15, -0.1) is 0 Å². The molecule has 2 aliphatic rings. The zero-order valence-electron chi connectivity index (χ0n) is 21.2. The molecule has 2 fully saturated rings. The molecule has 190 valence electrons. The molecule has 35 heavy (non-hydrogen) atoms. The quantitative estimate of drug-likeness (QED) is 0.376. The van der Waals surface area contributed by atoms with Crippen LogP contribution in [0.2, 0.25) is 10.0 Å². The van der Waals surface area contributed by atoms with Crippen molar-refractivity contribution in [3.05, 3.63) is 68.4 Å². The monoisotopic (exact) mass is 520 g/mol. The summed E-state index contributed by atoms with van der Waals surface area (Å²) >= 11 is 12.5. The van der Waals surface area contributed by atoms with Gasteiger partial charge in [-0.3, -0.25) is 9.80 Å². The Balaban J connectivity index is 1.47. The van der Waals surface area contributed by atoms with E-state index in [4.69, 9.17) is 27.9 Å². The number of carbonyl (C=O) groups is 1. The van der Waals surface area contributed by atoms with Crippen molar-refractivity contribution in [3.8, 4) is 0 Å². The maximum Gasteiger partial charge on any atom is 0.341 e. The van der Waals surface area contributed by atoms with Gasteiger partial charge in [-0.2, -0.15) is 0 Å². The molecule has 0 unspecified atom stereocenters. The second kappa shape index (κ2) is 10.4. The van der Waals surface area contributed by atoms with Crippen molar-refractivity contribution in [2.45, 2.75) is 77.6 Å². The number of piperazine rings is 1. The molecule has 1 saturated heterocycles. The summed E-state index contributed by atoms with van der Waals surface area (Å²) in [6, 6.07) is 9.51. The minimum atomic E-state index is -0.661. The summed E-state index contributed by atoms with van der Waals surface area (Å²) in [5.74, 6) is -0.698. The van der Waals surface area contributed by atoms with Crippen molar-refractivity contribution in [3.63, 3.8) is 0 Å². The Kier molecular flexibility index (Phi) is 7.82. The van der Waals surface area contributed by atoms with Gasteiger partial charge in [0.1, 0.15) is 11.4 Å². The first-order valence-corrected chi connectivity index (χ1v) is 13.2. The molecule has 0 amide bonds. The smallest absolute Gasteiger partial charge is 0.341 e. The Morgan fingerprint density at radius 3 is 2.34 bits per heavy atom. The van der Waals surface area contributed by atoms with Crippen molar-refractivity contribution in [2.24, 2.45) is 0 Å². The van der Waals surface area contributed by atoms with Crippen molar-refractivity contribution >= 4 is 29.2 Å². The SMILES string of the molecule is C[C@@H]1CN(Cc2cc(F)c(C(=O)OC(C)(C)C)cc2C2CC2)CCN1[C@@H](C)c1cc(Cl)cc(Cl)c1. The first kappa shape index (κ1) is 26.4. The molecule has 1 saturated carbocycles. The van der Waals surface area contributed by atoms with Gasteiger partial charge in [0.25, 0.3) is 0 Å². The van der Waals surface area contributed by atoms with Gasteiger partial charge in [0.15, 0.2) is 0 Å².